The zero-order valence-electron chi connectivity index (χ0n) is 7.40. The highest BCUT2D eigenvalue weighted by molar-refractivity contribution is 5.31. The molecule has 2 unspecified atom stereocenters. The maximum absolute atomic E-state index is 5.49. The van der Waals surface area contributed by atoms with Gasteiger partial charge in [0.2, 0.25) is 0 Å². The molecule has 68 valence electrons. The van der Waals surface area contributed by atoms with Gasteiger partial charge in [0, 0.05) is 12.8 Å². The van der Waals surface area contributed by atoms with Gasteiger partial charge >= 0.3 is 0 Å². The minimum atomic E-state index is 0.301. The van der Waals surface area contributed by atoms with E-state index in [2.05, 4.69) is 24.3 Å². The number of fused-ring (bicyclic) bond motifs is 2. The summed E-state index contributed by atoms with van der Waals surface area (Å²) in [6, 6.07) is 8.56. The standard InChI is InChI=1S/C11H12O2/c1-2-4-9-6-11-10(12-7-13-11)5-8(9)3-1/h1-4,10-11H,5-7H2. The molecule has 1 aromatic rings. The number of ether oxygens (including phenoxy) is 2. The van der Waals surface area contributed by atoms with E-state index in [0.717, 1.165) is 12.8 Å². The van der Waals surface area contributed by atoms with E-state index < -0.39 is 0 Å². The molecule has 2 heteroatoms. The van der Waals surface area contributed by atoms with E-state index in [-0.39, 0.29) is 0 Å². The van der Waals surface area contributed by atoms with E-state index in [4.69, 9.17) is 9.47 Å². The summed E-state index contributed by atoms with van der Waals surface area (Å²) in [6.07, 6.45) is 2.63. The Balaban J connectivity index is 1.97. The maximum atomic E-state index is 5.49. The lowest BCUT2D eigenvalue weighted by Gasteiger charge is -2.24. The van der Waals surface area contributed by atoms with E-state index in [1.807, 2.05) is 0 Å². The summed E-state index contributed by atoms with van der Waals surface area (Å²) >= 11 is 0. The first-order valence-corrected chi connectivity index (χ1v) is 4.73. The van der Waals surface area contributed by atoms with E-state index in [1.165, 1.54) is 11.1 Å². The predicted octanol–water partition coefficient (Wildman–Crippen LogP) is 1.53. The van der Waals surface area contributed by atoms with E-state index in [9.17, 15) is 0 Å². The lowest BCUT2D eigenvalue weighted by molar-refractivity contribution is 0.0400. The third-order valence-corrected chi connectivity index (χ3v) is 2.94. The summed E-state index contributed by atoms with van der Waals surface area (Å²) < 4.78 is 11.0. The third kappa shape index (κ3) is 1.18. The van der Waals surface area contributed by atoms with Crippen LogP contribution in [0.25, 0.3) is 0 Å². The minimum absolute atomic E-state index is 0.301. The molecular weight excluding hydrogens is 164 g/mol. The van der Waals surface area contributed by atoms with Crippen molar-refractivity contribution in [3.8, 4) is 0 Å². The smallest absolute Gasteiger partial charge is 0.147 e. The van der Waals surface area contributed by atoms with Crippen LogP contribution in [0.2, 0.25) is 0 Å². The topological polar surface area (TPSA) is 18.5 Å². The zero-order chi connectivity index (χ0) is 8.67. The number of hydrogen-bond donors (Lipinski definition) is 0. The molecule has 3 rings (SSSR count). The Kier molecular flexibility index (Phi) is 1.64. The van der Waals surface area contributed by atoms with Gasteiger partial charge in [-0.3, -0.25) is 0 Å². The average Bonchev–Trinajstić information content (AvgIpc) is 2.61. The molecule has 0 saturated carbocycles. The minimum Gasteiger partial charge on any atom is -0.349 e. The Labute approximate surface area is 77.5 Å². The normalized spacial score (nSPS) is 31.1. The molecule has 1 fully saturated rings. The molecule has 13 heavy (non-hydrogen) atoms. The quantitative estimate of drug-likeness (QED) is 0.596. The second-order valence-electron chi connectivity index (χ2n) is 3.71. The number of hydrogen-bond acceptors (Lipinski definition) is 2. The molecule has 2 nitrogen and oxygen atoms in total. The summed E-state index contributed by atoms with van der Waals surface area (Å²) in [4.78, 5) is 0. The Bertz CT molecular complexity index is 291. The molecule has 1 aliphatic heterocycles. The summed E-state index contributed by atoms with van der Waals surface area (Å²) in [7, 11) is 0. The molecule has 2 atom stereocenters. The largest absolute Gasteiger partial charge is 0.349 e. The second kappa shape index (κ2) is 2.82. The van der Waals surface area contributed by atoms with Gasteiger partial charge in [-0.2, -0.15) is 0 Å². The van der Waals surface area contributed by atoms with Crippen LogP contribution in [0.1, 0.15) is 11.1 Å². The summed E-state index contributed by atoms with van der Waals surface area (Å²) in [5, 5.41) is 0. The third-order valence-electron chi connectivity index (χ3n) is 2.94. The number of benzene rings is 1. The van der Waals surface area contributed by atoms with Gasteiger partial charge < -0.3 is 9.47 Å². The molecule has 0 aromatic heterocycles. The van der Waals surface area contributed by atoms with Crippen molar-refractivity contribution in [2.45, 2.75) is 25.0 Å². The lowest BCUT2D eigenvalue weighted by atomic mass is 9.88. The van der Waals surface area contributed by atoms with Crippen molar-refractivity contribution in [3.05, 3.63) is 35.4 Å². The van der Waals surface area contributed by atoms with Gasteiger partial charge in [-0.1, -0.05) is 24.3 Å². The van der Waals surface area contributed by atoms with Crippen LogP contribution in [0.15, 0.2) is 24.3 Å². The van der Waals surface area contributed by atoms with E-state index in [1.54, 1.807) is 0 Å². The zero-order valence-corrected chi connectivity index (χ0v) is 7.40. The maximum Gasteiger partial charge on any atom is 0.147 e. The SMILES string of the molecule is c1ccc2c(c1)CC1OCOC1C2. The fraction of sp³-hybridized carbons (Fsp3) is 0.455. The van der Waals surface area contributed by atoms with Gasteiger partial charge in [-0.15, -0.1) is 0 Å². The van der Waals surface area contributed by atoms with Crippen LogP contribution < -0.4 is 0 Å². The summed E-state index contributed by atoms with van der Waals surface area (Å²) in [5.74, 6) is 0. The molecule has 0 bridgehead atoms. The van der Waals surface area contributed by atoms with Crippen LogP contribution in [-0.4, -0.2) is 19.0 Å². The van der Waals surface area contributed by atoms with Gasteiger partial charge in [0.05, 0.1) is 12.2 Å². The van der Waals surface area contributed by atoms with Crippen molar-refractivity contribution in [1.82, 2.24) is 0 Å². The first-order chi connectivity index (χ1) is 6.43. The lowest BCUT2D eigenvalue weighted by Crippen LogP contribution is -2.31. The van der Waals surface area contributed by atoms with Crippen molar-refractivity contribution in [1.29, 1.82) is 0 Å². The molecule has 1 aromatic carbocycles. The molecule has 1 saturated heterocycles. The molecule has 1 heterocycles. The van der Waals surface area contributed by atoms with Gasteiger partial charge in [0.1, 0.15) is 6.79 Å². The average molecular weight is 176 g/mol. The molecule has 2 aliphatic rings. The molecule has 0 amide bonds. The van der Waals surface area contributed by atoms with E-state index >= 15 is 0 Å². The Morgan fingerprint density at radius 2 is 1.46 bits per heavy atom. The van der Waals surface area contributed by atoms with Crippen molar-refractivity contribution in [3.63, 3.8) is 0 Å². The summed E-state index contributed by atoms with van der Waals surface area (Å²) in [5.41, 5.74) is 2.85. The molecule has 0 radical (unpaired) electrons. The highest BCUT2D eigenvalue weighted by atomic mass is 16.7. The van der Waals surface area contributed by atoms with Crippen molar-refractivity contribution in [2.75, 3.05) is 6.79 Å². The highest BCUT2D eigenvalue weighted by Crippen LogP contribution is 2.28. The van der Waals surface area contributed by atoms with Crippen molar-refractivity contribution >= 4 is 0 Å². The van der Waals surface area contributed by atoms with Crippen molar-refractivity contribution < 1.29 is 9.47 Å². The van der Waals surface area contributed by atoms with Crippen LogP contribution in [0.3, 0.4) is 0 Å². The van der Waals surface area contributed by atoms with Gasteiger partial charge in [-0.05, 0) is 11.1 Å². The molecule has 0 spiro atoms. The van der Waals surface area contributed by atoms with Crippen molar-refractivity contribution in [2.24, 2.45) is 0 Å². The fourth-order valence-electron chi connectivity index (χ4n) is 2.20. The van der Waals surface area contributed by atoms with Gasteiger partial charge in [-0.25, -0.2) is 0 Å². The fourth-order valence-corrected chi connectivity index (χ4v) is 2.20. The van der Waals surface area contributed by atoms with Crippen LogP contribution in [0, 0.1) is 0 Å². The molecule has 0 N–H and O–H groups in total. The Hall–Kier alpha value is -0.860. The predicted molar refractivity (Wildman–Crippen MR) is 48.5 cm³/mol. The monoisotopic (exact) mass is 176 g/mol. The Morgan fingerprint density at radius 3 is 2.00 bits per heavy atom. The van der Waals surface area contributed by atoms with Crippen LogP contribution in [0.4, 0.5) is 0 Å². The van der Waals surface area contributed by atoms with Crippen LogP contribution in [-0.2, 0) is 22.3 Å². The highest BCUT2D eigenvalue weighted by Gasteiger charge is 2.33. The van der Waals surface area contributed by atoms with E-state index in [0.29, 0.717) is 19.0 Å². The molecular formula is C11H12O2. The Morgan fingerprint density at radius 1 is 0.923 bits per heavy atom. The van der Waals surface area contributed by atoms with Crippen LogP contribution in [0.5, 0.6) is 0 Å². The first kappa shape index (κ1) is 7.54. The van der Waals surface area contributed by atoms with Gasteiger partial charge in [0.15, 0.2) is 0 Å². The van der Waals surface area contributed by atoms with Gasteiger partial charge in [0.25, 0.3) is 0 Å². The van der Waals surface area contributed by atoms with Crippen LogP contribution >= 0.6 is 0 Å². The number of rotatable bonds is 0. The summed E-state index contributed by atoms with van der Waals surface area (Å²) in [6.45, 7) is 0.476. The second-order valence-corrected chi connectivity index (χ2v) is 3.71. The molecule has 1 aliphatic carbocycles. The first-order valence-electron chi connectivity index (χ1n) is 4.73.